The maximum atomic E-state index is 12.7. The highest BCUT2D eigenvalue weighted by Gasteiger charge is 2.30. The first-order chi connectivity index (χ1) is 11.9. The van der Waals surface area contributed by atoms with Gasteiger partial charge in [0.05, 0.1) is 12.0 Å². The molecular formula is C20H24O5. The summed E-state index contributed by atoms with van der Waals surface area (Å²) in [5.74, 6) is -1.38. The molecule has 1 aromatic rings. The van der Waals surface area contributed by atoms with Crippen molar-refractivity contribution >= 4 is 17.5 Å². The number of aliphatic hydroxyl groups excluding tert-OH is 1. The van der Waals surface area contributed by atoms with Gasteiger partial charge in [-0.05, 0) is 25.3 Å². The van der Waals surface area contributed by atoms with Crippen LogP contribution in [0.4, 0.5) is 0 Å². The Morgan fingerprint density at radius 2 is 1.96 bits per heavy atom. The number of fused-ring (bicyclic) bond motifs is 1. The number of benzene rings is 1. The number of hydrogen-bond donors (Lipinski definition) is 1. The van der Waals surface area contributed by atoms with Crippen molar-refractivity contribution in [3.8, 4) is 0 Å². The molecule has 3 atom stereocenters. The minimum absolute atomic E-state index is 0.0901. The Morgan fingerprint density at radius 3 is 2.68 bits per heavy atom. The number of carbonyl (C=O) groups is 3. The molecule has 0 saturated carbocycles. The molecule has 134 valence electrons. The van der Waals surface area contributed by atoms with Crippen molar-refractivity contribution < 1.29 is 24.2 Å². The van der Waals surface area contributed by atoms with Gasteiger partial charge < -0.3 is 9.84 Å². The SMILES string of the molecule is CC(=O)C[C@H](O)CC(=O)[C@@H]1OC(=O)[C@@H](C)C/C=C\Cc2ccccc21. The third-order valence-electron chi connectivity index (χ3n) is 4.22. The average molecular weight is 344 g/mol. The zero-order valence-electron chi connectivity index (χ0n) is 14.6. The zero-order chi connectivity index (χ0) is 18.4. The van der Waals surface area contributed by atoms with Crippen LogP contribution in [0.5, 0.6) is 0 Å². The molecule has 1 aliphatic heterocycles. The average Bonchev–Trinajstić information content (AvgIpc) is 2.55. The number of Topliss-reactive ketones (excluding diaryl/α,β-unsaturated/α-hetero) is 2. The van der Waals surface area contributed by atoms with Crippen LogP contribution >= 0.6 is 0 Å². The van der Waals surface area contributed by atoms with Crippen molar-refractivity contribution in [3.63, 3.8) is 0 Å². The molecular weight excluding hydrogens is 320 g/mol. The van der Waals surface area contributed by atoms with E-state index >= 15 is 0 Å². The number of rotatable bonds is 5. The highest BCUT2D eigenvalue weighted by atomic mass is 16.5. The summed E-state index contributed by atoms with van der Waals surface area (Å²) in [5, 5.41) is 9.92. The molecule has 0 fully saturated rings. The van der Waals surface area contributed by atoms with Crippen molar-refractivity contribution in [3.05, 3.63) is 47.5 Å². The van der Waals surface area contributed by atoms with Gasteiger partial charge in [0.2, 0.25) is 0 Å². The van der Waals surface area contributed by atoms with Gasteiger partial charge in [0, 0.05) is 18.4 Å². The van der Waals surface area contributed by atoms with Crippen LogP contribution in [0.15, 0.2) is 36.4 Å². The van der Waals surface area contributed by atoms with E-state index in [1.807, 2.05) is 24.3 Å². The summed E-state index contributed by atoms with van der Waals surface area (Å²) >= 11 is 0. The van der Waals surface area contributed by atoms with E-state index in [-0.39, 0.29) is 24.5 Å². The number of allylic oxidation sites excluding steroid dienone is 2. The molecule has 2 rings (SSSR count). The van der Waals surface area contributed by atoms with E-state index in [0.717, 1.165) is 5.56 Å². The molecule has 0 bridgehead atoms. The summed E-state index contributed by atoms with van der Waals surface area (Å²) in [6.45, 7) is 3.12. The Labute approximate surface area is 147 Å². The van der Waals surface area contributed by atoms with Crippen molar-refractivity contribution in [2.75, 3.05) is 0 Å². The quantitative estimate of drug-likeness (QED) is 0.656. The molecule has 1 heterocycles. The lowest BCUT2D eigenvalue weighted by Gasteiger charge is -2.23. The molecule has 1 aliphatic rings. The van der Waals surface area contributed by atoms with Gasteiger partial charge in [-0.15, -0.1) is 0 Å². The van der Waals surface area contributed by atoms with Crippen LogP contribution in [0, 0.1) is 5.92 Å². The van der Waals surface area contributed by atoms with Gasteiger partial charge in [0.25, 0.3) is 0 Å². The molecule has 0 aliphatic carbocycles. The fourth-order valence-electron chi connectivity index (χ4n) is 2.86. The number of carbonyl (C=O) groups excluding carboxylic acids is 3. The second kappa shape index (κ2) is 8.72. The highest BCUT2D eigenvalue weighted by molar-refractivity contribution is 5.88. The largest absolute Gasteiger partial charge is 0.449 e. The summed E-state index contributed by atoms with van der Waals surface area (Å²) in [6.07, 6.45) is 2.68. The first kappa shape index (κ1) is 19.1. The van der Waals surface area contributed by atoms with E-state index in [1.165, 1.54) is 6.92 Å². The van der Waals surface area contributed by atoms with Crippen LogP contribution in [0.3, 0.4) is 0 Å². The minimum Gasteiger partial charge on any atom is -0.449 e. The molecule has 1 N–H and O–H groups in total. The molecule has 5 heteroatoms. The van der Waals surface area contributed by atoms with Gasteiger partial charge in [0.1, 0.15) is 5.78 Å². The highest BCUT2D eigenvalue weighted by Crippen LogP contribution is 2.28. The summed E-state index contributed by atoms with van der Waals surface area (Å²) in [6, 6.07) is 7.32. The molecule has 0 amide bonds. The molecule has 0 aromatic heterocycles. The smallest absolute Gasteiger partial charge is 0.310 e. The third kappa shape index (κ3) is 5.36. The zero-order valence-corrected chi connectivity index (χ0v) is 14.6. The second-order valence-corrected chi connectivity index (χ2v) is 6.56. The van der Waals surface area contributed by atoms with Crippen LogP contribution in [-0.4, -0.2) is 28.7 Å². The lowest BCUT2D eigenvalue weighted by Crippen LogP contribution is -2.27. The molecule has 0 unspecified atom stereocenters. The standard InChI is InChI=1S/C20H24O5/c1-13-7-3-4-8-15-9-5-6-10-17(15)19(25-20(13)24)18(23)12-16(22)11-14(2)21/h3-6,9-10,13,16,19,22H,7-8,11-12H2,1-2H3/b4-3-/t13-,16-,19+/m0/s1. The Balaban J connectivity index is 2.31. The summed E-state index contributed by atoms with van der Waals surface area (Å²) in [5.41, 5.74) is 1.54. The number of ketones is 2. The van der Waals surface area contributed by atoms with Crippen LogP contribution in [0.2, 0.25) is 0 Å². The monoisotopic (exact) mass is 344 g/mol. The van der Waals surface area contributed by atoms with E-state index in [1.54, 1.807) is 19.1 Å². The predicted molar refractivity (Wildman–Crippen MR) is 92.8 cm³/mol. The topological polar surface area (TPSA) is 80.7 Å². The predicted octanol–water partition coefficient (Wildman–Crippen LogP) is 2.71. The fraction of sp³-hybridized carbons (Fsp3) is 0.450. The summed E-state index contributed by atoms with van der Waals surface area (Å²) in [7, 11) is 0. The number of esters is 1. The number of aliphatic hydroxyl groups is 1. The van der Waals surface area contributed by atoms with E-state index in [2.05, 4.69) is 0 Å². The molecule has 0 saturated heterocycles. The summed E-state index contributed by atoms with van der Waals surface area (Å²) in [4.78, 5) is 36.1. The van der Waals surface area contributed by atoms with Crippen molar-refractivity contribution in [1.82, 2.24) is 0 Å². The van der Waals surface area contributed by atoms with Gasteiger partial charge in [0.15, 0.2) is 11.9 Å². The summed E-state index contributed by atoms with van der Waals surface area (Å²) < 4.78 is 5.51. The minimum atomic E-state index is -1.07. The van der Waals surface area contributed by atoms with Crippen molar-refractivity contribution in [2.45, 2.75) is 51.7 Å². The Bertz CT molecular complexity index is 676. The van der Waals surface area contributed by atoms with E-state index in [0.29, 0.717) is 18.4 Å². The lowest BCUT2D eigenvalue weighted by molar-refractivity contribution is -0.160. The Hall–Kier alpha value is -2.27. The first-order valence-corrected chi connectivity index (χ1v) is 8.52. The van der Waals surface area contributed by atoms with Gasteiger partial charge >= 0.3 is 5.97 Å². The fourth-order valence-corrected chi connectivity index (χ4v) is 2.86. The Morgan fingerprint density at radius 1 is 1.24 bits per heavy atom. The van der Waals surface area contributed by atoms with Gasteiger partial charge in [-0.2, -0.15) is 0 Å². The third-order valence-corrected chi connectivity index (χ3v) is 4.22. The van der Waals surface area contributed by atoms with Crippen LogP contribution in [0.25, 0.3) is 0 Å². The lowest BCUT2D eigenvalue weighted by atomic mass is 9.93. The van der Waals surface area contributed by atoms with Crippen molar-refractivity contribution in [2.24, 2.45) is 5.92 Å². The maximum Gasteiger partial charge on any atom is 0.310 e. The Kier molecular flexibility index (Phi) is 6.65. The number of ether oxygens (including phenoxy) is 1. The van der Waals surface area contributed by atoms with Gasteiger partial charge in [-0.1, -0.05) is 43.3 Å². The number of hydrogen-bond acceptors (Lipinski definition) is 5. The van der Waals surface area contributed by atoms with Crippen LogP contribution in [-0.2, 0) is 25.5 Å². The van der Waals surface area contributed by atoms with Crippen molar-refractivity contribution in [1.29, 1.82) is 0 Å². The molecule has 0 radical (unpaired) electrons. The van der Waals surface area contributed by atoms with E-state index in [4.69, 9.17) is 4.74 Å². The first-order valence-electron chi connectivity index (χ1n) is 8.52. The molecule has 0 spiro atoms. The van der Waals surface area contributed by atoms with E-state index < -0.39 is 24.0 Å². The normalized spacial score (nSPS) is 23.1. The van der Waals surface area contributed by atoms with Gasteiger partial charge in [-0.25, -0.2) is 0 Å². The van der Waals surface area contributed by atoms with E-state index in [9.17, 15) is 19.5 Å². The molecule has 5 nitrogen and oxygen atoms in total. The van der Waals surface area contributed by atoms with Crippen LogP contribution in [0.1, 0.15) is 50.3 Å². The van der Waals surface area contributed by atoms with Crippen LogP contribution < -0.4 is 0 Å². The second-order valence-electron chi connectivity index (χ2n) is 6.56. The number of cyclic esters (lactones) is 1. The molecule has 25 heavy (non-hydrogen) atoms. The van der Waals surface area contributed by atoms with Gasteiger partial charge in [-0.3, -0.25) is 14.4 Å². The molecule has 1 aromatic carbocycles. The maximum absolute atomic E-state index is 12.7.